The predicted molar refractivity (Wildman–Crippen MR) is 107 cm³/mol. The van der Waals surface area contributed by atoms with E-state index in [-0.39, 0.29) is 5.91 Å². The summed E-state index contributed by atoms with van der Waals surface area (Å²) in [4.78, 5) is 15.3. The Hall–Kier alpha value is -2.90. The van der Waals surface area contributed by atoms with Crippen molar-refractivity contribution in [3.8, 4) is 11.5 Å². The maximum absolute atomic E-state index is 13.4. The standard InChI is InChI=1S/C22H24N4O3/c1-17-5-4-6-18(15-17)26-20(24-9-2-3-10-24)19(16-23-26)21(27)25-11-7-22(8-12-25)28-13-14-29-22/h2-6,9-10,15-16H,7-8,11-14H2,1H3. The van der Waals surface area contributed by atoms with E-state index in [1.54, 1.807) is 6.20 Å². The van der Waals surface area contributed by atoms with Crippen LogP contribution in [0.15, 0.2) is 55.0 Å². The number of carbonyl (C=O) groups is 1. The van der Waals surface area contributed by atoms with E-state index in [9.17, 15) is 4.79 Å². The number of hydrogen-bond donors (Lipinski definition) is 0. The summed E-state index contributed by atoms with van der Waals surface area (Å²) in [6, 6.07) is 12.0. The minimum absolute atomic E-state index is 0.0135. The van der Waals surface area contributed by atoms with Crippen LogP contribution < -0.4 is 0 Å². The van der Waals surface area contributed by atoms with Gasteiger partial charge >= 0.3 is 0 Å². The zero-order valence-electron chi connectivity index (χ0n) is 16.5. The van der Waals surface area contributed by atoms with Gasteiger partial charge in [0, 0.05) is 38.3 Å². The van der Waals surface area contributed by atoms with E-state index < -0.39 is 5.79 Å². The molecule has 3 aromatic rings. The highest BCUT2D eigenvalue weighted by atomic mass is 16.7. The number of nitrogens with zero attached hydrogens (tertiary/aromatic N) is 4. The molecule has 0 radical (unpaired) electrons. The van der Waals surface area contributed by atoms with Crippen molar-refractivity contribution in [2.75, 3.05) is 26.3 Å². The number of hydrogen-bond acceptors (Lipinski definition) is 4. The number of ether oxygens (including phenoxy) is 2. The van der Waals surface area contributed by atoms with Gasteiger partial charge in [-0.05, 0) is 36.8 Å². The number of amides is 1. The molecule has 0 bridgehead atoms. The van der Waals surface area contributed by atoms with Crippen molar-refractivity contribution in [2.24, 2.45) is 0 Å². The van der Waals surface area contributed by atoms with Gasteiger partial charge in [0.05, 0.1) is 25.1 Å². The molecule has 5 rings (SSSR count). The number of aryl methyl sites for hydroxylation is 1. The Labute approximate surface area is 169 Å². The van der Waals surface area contributed by atoms with Crippen LogP contribution in [0.5, 0.6) is 0 Å². The Bertz CT molecular complexity index is 1010. The molecule has 2 aromatic heterocycles. The van der Waals surface area contributed by atoms with E-state index in [2.05, 4.69) is 11.2 Å². The van der Waals surface area contributed by atoms with Crippen LogP contribution in [0.3, 0.4) is 0 Å². The molecule has 0 N–H and O–H groups in total. The predicted octanol–water partition coefficient (Wildman–Crippen LogP) is 2.95. The molecule has 0 unspecified atom stereocenters. The Morgan fingerprint density at radius 2 is 1.79 bits per heavy atom. The molecule has 1 aromatic carbocycles. The van der Waals surface area contributed by atoms with Gasteiger partial charge in [-0.25, -0.2) is 4.68 Å². The van der Waals surface area contributed by atoms with Gasteiger partial charge in [-0.15, -0.1) is 0 Å². The quantitative estimate of drug-likeness (QED) is 0.688. The van der Waals surface area contributed by atoms with E-state index in [0.29, 0.717) is 44.7 Å². The van der Waals surface area contributed by atoms with Crippen molar-refractivity contribution >= 4 is 5.91 Å². The largest absolute Gasteiger partial charge is 0.347 e. The number of carbonyl (C=O) groups excluding carboxylic acids is 1. The van der Waals surface area contributed by atoms with Gasteiger partial charge in [-0.3, -0.25) is 4.79 Å². The van der Waals surface area contributed by atoms with Gasteiger partial charge in [0.2, 0.25) is 0 Å². The normalized spacial score (nSPS) is 18.4. The second-order valence-corrected chi connectivity index (χ2v) is 7.62. The molecular formula is C22H24N4O3. The van der Waals surface area contributed by atoms with Crippen LogP contribution in [0.2, 0.25) is 0 Å². The molecule has 150 valence electrons. The van der Waals surface area contributed by atoms with Gasteiger partial charge < -0.3 is 18.9 Å². The van der Waals surface area contributed by atoms with Gasteiger partial charge in [0.1, 0.15) is 5.56 Å². The third-order valence-corrected chi connectivity index (χ3v) is 5.70. The lowest BCUT2D eigenvalue weighted by atomic mass is 10.0. The lowest BCUT2D eigenvalue weighted by Crippen LogP contribution is -2.47. The van der Waals surface area contributed by atoms with Gasteiger partial charge in [0.15, 0.2) is 11.6 Å². The smallest absolute Gasteiger partial charge is 0.259 e. The SMILES string of the molecule is Cc1cccc(-n2ncc(C(=O)N3CCC4(CC3)OCCO4)c2-n2cccc2)c1. The summed E-state index contributed by atoms with van der Waals surface area (Å²) < 4.78 is 15.4. The summed E-state index contributed by atoms with van der Waals surface area (Å²) in [5.74, 6) is 0.242. The van der Waals surface area contributed by atoms with Crippen LogP contribution in [0.1, 0.15) is 28.8 Å². The molecule has 2 aliphatic rings. The third-order valence-electron chi connectivity index (χ3n) is 5.70. The summed E-state index contributed by atoms with van der Waals surface area (Å²) in [5, 5.41) is 4.57. The summed E-state index contributed by atoms with van der Waals surface area (Å²) >= 11 is 0. The number of benzene rings is 1. The van der Waals surface area contributed by atoms with Gasteiger partial charge in [-0.2, -0.15) is 5.10 Å². The average Bonchev–Trinajstić information content (AvgIpc) is 3.49. The Morgan fingerprint density at radius 3 is 2.48 bits per heavy atom. The monoisotopic (exact) mass is 392 g/mol. The van der Waals surface area contributed by atoms with Crippen LogP contribution in [-0.2, 0) is 9.47 Å². The Morgan fingerprint density at radius 1 is 1.07 bits per heavy atom. The Balaban J connectivity index is 1.48. The van der Waals surface area contributed by atoms with Gasteiger partial charge in [0.25, 0.3) is 5.91 Å². The van der Waals surface area contributed by atoms with Crippen LogP contribution in [-0.4, -0.2) is 57.2 Å². The van der Waals surface area contributed by atoms with Crippen molar-refractivity contribution in [1.29, 1.82) is 0 Å². The van der Waals surface area contributed by atoms with Gasteiger partial charge in [-0.1, -0.05) is 12.1 Å². The maximum atomic E-state index is 13.4. The Kier molecular flexibility index (Phi) is 4.49. The minimum atomic E-state index is -0.494. The molecule has 7 heteroatoms. The molecule has 0 saturated carbocycles. The molecule has 2 aliphatic heterocycles. The van der Waals surface area contributed by atoms with Crippen molar-refractivity contribution in [2.45, 2.75) is 25.6 Å². The highest BCUT2D eigenvalue weighted by Crippen LogP contribution is 2.32. The van der Waals surface area contributed by atoms with Crippen molar-refractivity contribution in [3.63, 3.8) is 0 Å². The summed E-state index contributed by atoms with van der Waals surface area (Å²) in [7, 11) is 0. The molecule has 7 nitrogen and oxygen atoms in total. The first-order valence-corrected chi connectivity index (χ1v) is 10.0. The topological polar surface area (TPSA) is 61.5 Å². The molecule has 4 heterocycles. The number of rotatable bonds is 3. The van der Waals surface area contributed by atoms with Crippen LogP contribution in [0.4, 0.5) is 0 Å². The number of piperidine rings is 1. The fraction of sp³-hybridized carbons (Fsp3) is 0.364. The van der Waals surface area contributed by atoms with Crippen molar-refractivity contribution in [3.05, 3.63) is 66.1 Å². The van der Waals surface area contributed by atoms with Crippen LogP contribution in [0.25, 0.3) is 11.5 Å². The average molecular weight is 392 g/mol. The summed E-state index contributed by atoms with van der Waals surface area (Å²) in [5.41, 5.74) is 2.66. The van der Waals surface area contributed by atoms with E-state index >= 15 is 0 Å². The fourth-order valence-corrected chi connectivity index (χ4v) is 4.17. The van der Waals surface area contributed by atoms with Crippen LogP contribution >= 0.6 is 0 Å². The maximum Gasteiger partial charge on any atom is 0.259 e. The molecule has 0 atom stereocenters. The molecular weight excluding hydrogens is 368 g/mol. The molecule has 29 heavy (non-hydrogen) atoms. The molecule has 2 fully saturated rings. The molecule has 2 saturated heterocycles. The van der Waals surface area contributed by atoms with E-state index in [1.165, 1.54) is 0 Å². The number of likely N-dealkylation sites (tertiary alicyclic amines) is 1. The second-order valence-electron chi connectivity index (χ2n) is 7.62. The fourth-order valence-electron chi connectivity index (χ4n) is 4.17. The number of aromatic nitrogens is 3. The zero-order chi connectivity index (χ0) is 19.8. The van der Waals surface area contributed by atoms with Crippen molar-refractivity contribution < 1.29 is 14.3 Å². The first-order valence-electron chi connectivity index (χ1n) is 10.0. The molecule has 1 amide bonds. The summed E-state index contributed by atoms with van der Waals surface area (Å²) in [6.45, 7) is 4.54. The molecule has 0 aliphatic carbocycles. The zero-order valence-corrected chi connectivity index (χ0v) is 16.5. The first-order chi connectivity index (χ1) is 14.2. The first kappa shape index (κ1) is 18.1. The van der Waals surface area contributed by atoms with E-state index in [1.807, 2.05) is 63.8 Å². The second kappa shape index (κ2) is 7.17. The lowest BCUT2D eigenvalue weighted by Gasteiger charge is -2.37. The third kappa shape index (κ3) is 3.26. The highest BCUT2D eigenvalue weighted by Gasteiger charge is 2.41. The van der Waals surface area contributed by atoms with Crippen molar-refractivity contribution in [1.82, 2.24) is 19.2 Å². The minimum Gasteiger partial charge on any atom is -0.347 e. The van der Waals surface area contributed by atoms with E-state index in [0.717, 1.165) is 17.1 Å². The highest BCUT2D eigenvalue weighted by molar-refractivity contribution is 5.97. The summed E-state index contributed by atoms with van der Waals surface area (Å²) in [6.07, 6.45) is 6.94. The lowest BCUT2D eigenvalue weighted by molar-refractivity contribution is -0.181. The molecule has 1 spiro atoms. The van der Waals surface area contributed by atoms with Crippen LogP contribution in [0, 0.1) is 6.92 Å². The van der Waals surface area contributed by atoms with E-state index in [4.69, 9.17) is 9.47 Å².